The molecule has 0 bridgehead atoms. The lowest BCUT2D eigenvalue weighted by molar-refractivity contribution is 0.419. The highest BCUT2D eigenvalue weighted by atomic mass is 14.9. The molecule has 0 saturated heterocycles. The van der Waals surface area contributed by atoms with Crippen molar-refractivity contribution in [3.05, 3.63) is 0 Å². The van der Waals surface area contributed by atoms with Crippen molar-refractivity contribution in [1.82, 2.24) is 5.32 Å². The lowest BCUT2D eigenvalue weighted by Crippen LogP contribution is -2.24. The summed E-state index contributed by atoms with van der Waals surface area (Å²) in [6.45, 7) is 4.96. The average Bonchev–Trinajstić information content (AvgIpc) is 2.91. The van der Waals surface area contributed by atoms with E-state index in [0.29, 0.717) is 0 Å². The van der Waals surface area contributed by atoms with Crippen LogP contribution in [0, 0.1) is 17.8 Å². The minimum atomic E-state index is 0.992. The second-order valence-corrected chi connectivity index (χ2v) is 5.49. The lowest BCUT2D eigenvalue weighted by Gasteiger charge is -2.14. The number of rotatable bonds is 4. The van der Waals surface area contributed by atoms with Gasteiger partial charge in [-0.1, -0.05) is 32.6 Å². The molecular weight excluding hydrogens is 170 g/mol. The second kappa shape index (κ2) is 5.16. The smallest absolute Gasteiger partial charge is 0.00177 e. The normalized spacial score (nSPS) is 34.1. The summed E-state index contributed by atoms with van der Waals surface area (Å²) in [6, 6.07) is 0. The van der Waals surface area contributed by atoms with Gasteiger partial charge in [0.15, 0.2) is 0 Å². The van der Waals surface area contributed by atoms with Gasteiger partial charge in [0.1, 0.15) is 0 Å². The van der Waals surface area contributed by atoms with Gasteiger partial charge in [-0.05, 0) is 50.1 Å². The van der Waals surface area contributed by atoms with E-state index in [1.807, 2.05) is 0 Å². The maximum absolute atomic E-state index is 3.68. The predicted octanol–water partition coefficient (Wildman–Crippen LogP) is 3.20. The molecule has 2 aliphatic carbocycles. The summed E-state index contributed by atoms with van der Waals surface area (Å²) in [7, 11) is 0. The SMILES string of the molecule is CC1CC1CNCC1CCCCCC1. The van der Waals surface area contributed by atoms with Crippen LogP contribution in [0.5, 0.6) is 0 Å². The van der Waals surface area contributed by atoms with Gasteiger partial charge in [-0.2, -0.15) is 0 Å². The molecule has 0 aromatic rings. The van der Waals surface area contributed by atoms with E-state index in [2.05, 4.69) is 12.2 Å². The predicted molar refractivity (Wildman–Crippen MR) is 61.3 cm³/mol. The minimum absolute atomic E-state index is 0.992. The molecule has 1 N–H and O–H groups in total. The Balaban J connectivity index is 1.54. The monoisotopic (exact) mass is 195 g/mol. The molecule has 0 aromatic heterocycles. The molecule has 1 nitrogen and oxygen atoms in total. The standard InChI is InChI=1S/C13H25N/c1-11-8-13(11)10-14-9-12-6-4-2-3-5-7-12/h11-14H,2-10H2,1H3. The molecule has 0 aliphatic heterocycles. The van der Waals surface area contributed by atoms with E-state index >= 15 is 0 Å². The molecule has 14 heavy (non-hydrogen) atoms. The third kappa shape index (κ3) is 3.27. The van der Waals surface area contributed by atoms with Crippen LogP contribution in [0.2, 0.25) is 0 Å². The Morgan fingerprint density at radius 1 is 1.00 bits per heavy atom. The Kier molecular flexibility index (Phi) is 3.86. The Morgan fingerprint density at radius 2 is 1.64 bits per heavy atom. The maximum atomic E-state index is 3.68. The van der Waals surface area contributed by atoms with Crippen molar-refractivity contribution < 1.29 is 0 Å². The van der Waals surface area contributed by atoms with Crippen molar-refractivity contribution >= 4 is 0 Å². The fraction of sp³-hybridized carbons (Fsp3) is 1.00. The molecule has 2 unspecified atom stereocenters. The number of hydrogen-bond acceptors (Lipinski definition) is 1. The highest BCUT2D eigenvalue weighted by Gasteiger charge is 2.31. The van der Waals surface area contributed by atoms with Crippen LogP contribution in [0.25, 0.3) is 0 Å². The van der Waals surface area contributed by atoms with Crippen LogP contribution in [-0.2, 0) is 0 Å². The summed E-state index contributed by atoms with van der Waals surface area (Å²) >= 11 is 0. The van der Waals surface area contributed by atoms with Gasteiger partial charge in [-0.25, -0.2) is 0 Å². The molecule has 2 aliphatic rings. The quantitative estimate of drug-likeness (QED) is 0.679. The van der Waals surface area contributed by atoms with E-state index in [1.54, 1.807) is 0 Å². The van der Waals surface area contributed by atoms with E-state index in [0.717, 1.165) is 17.8 Å². The summed E-state index contributed by atoms with van der Waals surface area (Å²) in [4.78, 5) is 0. The Morgan fingerprint density at radius 3 is 2.21 bits per heavy atom. The van der Waals surface area contributed by atoms with Gasteiger partial charge in [0, 0.05) is 0 Å². The lowest BCUT2D eigenvalue weighted by atomic mass is 10.0. The van der Waals surface area contributed by atoms with Crippen molar-refractivity contribution in [2.45, 2.75) is 51.9 Å². The molecule has 0 heterocycles. The summed E-state index contributed by atoms with van der Waals surface area (Å²) in [6.07, 6.45) is 10.3. The van der Waals surface area contributed by atoms with Gasteiger partial charge in [0.05, 0.1) is 0 Å². The van der Waals surface area contributed by atoms with Crippen molar-refractivity contribution in [2.24, 2.45) is 17.8 Å². The summed E-state index contributed by atoms with van der Waals surface area (Å²) in [5, 5.41) is 3.68. The highest BCUT2D eigenvalue weighted by Crippen LogP contribution is 2.36. The third-order valence-corrected chi connectivity index (χ3v) is 4.09. The molecule has 1 heteroatoms. The van der Waals surface area contributed by atoms with Crippen LogP contribution in [0.3, 0.4) is 0 Å². The number of nitrogens with one attached hydrogen (secondary N) is 1. The summed E-state index contributed by atoms with van der Waals surface area (Å²) in [5.41, 5.74) is 0. The van der Waals surface area contributed by atoms with Crippen LogP contribution < -0.4 is 5.32 Å². The Bertz CT molecular complexity index is 159. The number of hydrogen-bond donors (Lipinski definition) is 1. The molecule has 0 radical (unpaired) electrons. The molecule has 2 fully saturated rings. The summed E-state index contributed by atoms with van der Waals surface area (Å²) < 4.78 is 0. The molecule has 2 atom stereocenters. The highest BCUT2D eigenvalue weighted by molar-refractivity contribution is 4.84. The Hall–Kier alpha value is -0.0400. The third-order valence-electron chi connectivity index (χ3n) is 4.09. The molecular formula is C13H25N. The summed E-state index contributed by atoms with van der Waals surface area (Å²) in [5.74, 6) is 3.02. The zero-order chi connectivity index (χ0) is 9.80. The topological polar surface area (TPSA) is 12.0 Å². The molecule has 2 saturated carbocycles. The first-order chi connectivity index (χ1) is 6.86. The largest absolute Gasteiger partial charge is 0.316 e. The van der Waals surface area contributed by atoms with Crippen molar-refractivity contribution in [3.8, 4) is 0 Å². The van der Waals surface area contributed by atoms with Crippen LogP contribution in [0.4, 0.5) is 0 Å². The van der Waals surface area contributed by atoms with E-state index < -0.39 is 0 Å². The molecule has 2 rings (SSSR count). The molecule has 0 aromatic carbocycles. The zero-order valence-electron chi connectivity index (χ0n) is 9.60. The minimum Gasteiger partial charge on any atom is -0.316 e. The van der Waals surface area contributed by atoms with Gasteiger partial charge in [-0.15, -0.1) is 0 Å². The Labute approximate surface area is 88.7 Å². The van der Waals surface area contributed by atoms with E-state index in [1.165, 1.54) is 58.0 Å². The van der Waals surface area contributed by atoms with Gasteiger partial charge in [0.25, 0.3) is 0 Å². The van der Waals surface area contributed by atoms with Gasteiger partial charge in [-0.3, -0.25) is 0 Å². The van der Waals surface area contributed by atoms with Crippen LogP contribution in [0.15, 0.2) is 0 Å². The fourth-order valence-electron chi connectivity index (χ4n) is 2.72. The van der Waals surface area contributed by atoms with E-state index in [4.69, 9.17) is 0 Å². The van der Waals surface area contributed by atoms with Crippen LogP contribution in [-0.4, -0.2) is 13.1 Å². The second-order valence-electron chi connectivity index (χ2n) is 5.49. The first-order valence-electron chi connectivity index (χ1n) is 6.57. The van der Waals surface area contributed by atoms with E-state index in [-0.39, 0.29) is 0 Å². The first kappa shape index (κ1) is 10.5. The van der Waals surface area contributed by atoms with E-state index in [9.17, 15) is 0 Å². The van der Waals surface area contributed by atoms with Crippen molar-refractivity contribution in [3.63, 3.8) is 0 Å². The fourth-order valence-corrected chi connectivity index (χ4v) is 2.72. The van der Waals surface area contributed by atoms with Crippen LogP contribution >= 0.6 is 0 Å². The maximum Gasteiger partial charge on any atom is -0.00177 e. The molecule has 82 valence electrons. The van der Waals surface area contributed by atoms with Crippen LogP contribution in [0.1, 0.15) is 51.9 Å². The van der Waals surface area contributed by atoms with Crippen molar-refractivity contribution in [2.75, 3.05) is 13.1 Å². The van der Waals surface area contributed by atoms with Gasteiger partial charge >= 0.3 is 0 Å². The zero-order valence-corrected chi connectivity index (χ0v) is 9.60. The average molecular weight is 195 g/mol. The molecule has 0 spiro atoms. The van der Waals surface area contributed by atoms with Crippen molar-refractivity contribution in [1.29, 1.82) is 0 Å². The molecule has 0 amide bonds. The van der Waals surface area contributed by atoms with Gasteiger partial charge < -0.3 is 5.32 Å². The first-order valence-corrected chi connectivity index (χ1v) is 6.57. The van der Waals surface area contributed by atoms with Gasteiger partial charge in [0.2, 0.25) is 0 Å².